The lowest BCUT2D eigenvalue weighted by Crippen LogP contribution is -2.65. The number of hydrogen-bond donors (Lipinski definition) is 10. The van der Waals surface area contributed by atoms with Gasteiger partial charge in [-0.05, 0) is 6.92 Å². The van der Waals surface area contributed by atoms with Crippen molar-refractivity contribution in [3.05, 3.63) is 0 Å². The summed E-state index contributed by atoms with van der Waals surface area (Å²) in [6, 6.07) is 0. The predicted molar refractivity (Wildman–Crippen MR) is 99.8 cm³/mol. The third kappa shape index (κ3) is 5.32. The highest BCUT2D eigenvalue weighted by Crippen LogP contribution is 2.31. The van der Waals surface area contributed by atoms with Crippen LogP contribution < -0.4 is 0 Å². The molecule has 194 valence electrons. The van der Waals surface area contributed by atoms with Gasteiger partial charge in [-0.1, -0.05) is 0 Å². The molecule has 0 aliphatic carbocycles. The van der Waals surface area contributed by atoms with Gasteiger partial charge in [-0.2, -0.15) is 0 Å². The lowest BCUT2D eigenvalue weighted by Gasteiger charge is -2.47. The van der Waals surface area contributed by atoms with Crippen molar-refractivity contribution in [1.82, 2.24) is 0 Å². The van der Waals surface area contributed by atoms with E-state index < -0.39 is 105 Å². The lowest BCUT2D eigenvalue weighted by molar-refractivity contribution is -0.374. The Kier molecular flexibility index (Phi) is 8.99. The molecule has 3 saturated heterocycles. The molecule has 33 heavy (non-hydrogen) atoms. The van der Waals surface area contributed by atoms with Gasteiger partial charge in [0.15, 0.2) is 18.9 Å². The van der Waals surface area contributed by atoms with E-state index in [4.69, 9.17) is 23.7 Å². The zero-order valence-corrected chi connectivity index (χ0v) is 17.6. The van der Waals surface area contributed by atoms with Crippen molar-refractivity contribution in [2.45, 2.75) is 99.0 Å². The molecule has 15 atom stereocenters. The molecule has 10 N–H and O–H groups in total. The Morgan fingerprint density at radius 2 is 1.06 bits per heavy atom. The Hall–Kier alpha value is -0.600. The van der Waals surface area contributed by atoms with Crippen LogP contribution in [0.3, 0.4) is 0 Å². The number of hydrogen-bond acceptors (Lipinski definition) is 15. The summed E-state index contributed by atoms with van der Waals surface area (Å²) < 4.78 is 26.7. The van der Waals surface area contributed by atoms with Crippen LogP contribution in [-0.4, -0.2) is 156 Å². The fourth-order valence-corrected chi connectivity index (χ4v) is 4.03. The molecular formula is C18H32O15. The SMILES string of the molecule is C[C@@H]1O[C@@H](O[C@H]2[C@H](O)[C@@H](O)C(O)O[C@@H]2CO)[C@H](O)[C@H](O)[C@H]1O[C@@H]1O[C@H](CO)[C@@H](O)[C@H](O)[C@H]1O. The molecule has 3 aliphatic heterocycles. The summed E-state index contributed by atoms with van der Waals surface area (Å²) in [5.41, 5.74) is 0. The Bertz CT molecular complexity index is 622. The molecule has 3 rings (SSSR count). The lowest BCUT2D eigenvalue weighted by atomic mass is 9.96. The van der Waals surface area contributed by atoms with Crippen LogP contribution in [0.1, 0.15) is 6.92 Å². The highest BCUT2D eigenvalue weighted by atomic mass is 16.7. The highest BCUT2D eigenvalue weighted by Gasteiger charge is 2.52. The van der Waals surface area contributed by atoms with Gasteiger partial charge < -0.3 is 74.7 Å². The smallest absolute Gasteiger partial charge is 0.187 e. The van der Waals surface area contributed by atoms with Crippen LogP contribution in [0.4, 0.5) is 0 Å². The molecule has 0 spiro atoms. The first-order valence-corrected chi connectivity index (χ1v) is 10.4. The van der Waals surface area contributed by atoms with Gasteiger partial charge >= 0.3 is 0 Å². The van der Waals surface area contributed by atoms with E-state index in [2.05, 4.69) is 0 Å². The van der Waals surface area contributed by atoms with Crippen LogP contribution in [0.5, 0.6) is 0 Å². The Morgan fingerprint density at radius 3 is 1.67 bits per heavy atom. The summed E-state index contributed by atoms with van der Waals surface area (Å²) in [6.45, 7) is 0.00626. The largest absolute Gasteiger partial charge is 0.394 e. The highest BCUT2D eigenvalue weighted by molar-refractivity contribution is 4.95. The summed E-state index contributed by atoms with van der Waals surface area (Å²) in [4.78, 5) is 0. The summed E-state index contributed by atoms with van der Waals surface area (Å²) in [7, 11) is 0. The maximum Gasteiger partial charge on any atom is 0.187 e. The van der Waals surface area contributed by atoms with Crippen LogP contribution in [0.15, 0.2) is 0 Å². The molecule has 15 heteroatoms. The number of ether oxygens (including phenoxy) is 5. The van der Waals surface area contributed by atoms with Gasteiger partial charge in [-0.15, -0.1) is 0 Å². The molecule has 3 fully saturated rings. The molecular weight excluding hydrogens is 456 g/mol. The van der Waals surface area contributed by atoms with Gasteiger partial charge in [-0.3, -0.25) is 0 Å². The second-order valence-corrected chi connectivity index (χ2v) is 8.32. The van der Waals surface area contributed by atoms with E-state index in [1.807, 2.05) is 0 Å². The van der Waals surface area contributed by atoms with Crippen LogP contribution in [0.25, 0.3) is 0 Å². The Balaban J connectivity index is 1.67. The van der Waals surface area contributed by atoms with Crippen LogP contribution in [-0.2, 0) is 23.7 Å². The average molecular weight is 488 g/mol. The van der Waals surface area contributed by atoms with Crippen LogP contribution in [0, 0.1) is 0 Å². The molecule has 3 aliphatic rings. The van der Waals surface area contributed by atoms with Gasteiger partial charge in [0.25, 0.3) is 0 Å². The molecule has 0 bridgehead atoms. The van der Waals surface area contributed by atoms with Crippen molar-refractivity contribution in [3.8, 4) is 0 Å². The van der Waals surface area contributed by atoms with Crippen molar-refractivity contribution in [2.24, 2.45) is 0 Å². The monoisotopic (exact) mass is 488 g/mol. The number of aliphatic hydroxyl groups is 10. The molecule has 0 aromatic carbocycles. The summed E-state index contributed by atoms with van der Waals surface area (Å²) >= 11 is 0. The van der Waals surface area contributed by atoms with Gasteiger partial charge in [0, 0.05) is 0 Å². The van der Waals surface area contributed by atoms with Crippen molar-refractivity contribution < 1.29 is 74.7 Å². The third-order valence-corrected chi connectivity index (χ3v) is 6.05. The van der Waals surface area contributed by atoms with Crippen LogP contribution in [0.2, 0.25) is 0 Å². The second-order valence-electron chi connectivity index (χ2n) is 8.32. The van der Waals surface area contributed by atoms with E-state index in [0.717, 1.165) is 0 Å². The molecule has 3 heterocycles. The van der Waals surface area contributed by atoms with Crippen molar-refractivity contribution >= 4 is 0 Å². The quantitative estimate of drug-likeness (QED) is 0.167. The molecule has 0 amide bonds. The minimum absolute atomic E-state index is 0.693. The zero-order chi connectivity index (χ0) is 24.6. The normalized spacial score (nSPS) is 53.7. The maximum atomic E-state index is 10.6. The molecule has 15 nitrogen and oxygen atoms in total. The zero-order valence-electron chi connectivity index (χ0n) is 17.6. The first-order chi connectivity index (χ1) is 15.5. The van der Waals surface area contributed by atoms with Crippen LogP contribution >= 0.6 is 0 Å². The fraction of sp³-hybridized carbons (Fsp3) is 1.00. The summed E-state index contributed by atoms with van der Waals surface area (Å²) in [5.74, 6) is 0. The van der Waals surface area contributed by atoms with E-state index in [0.29, 0.717) is 0 Å². The standard InChI is InChI=1S/C18H32O15/c1-4-14(32-18-12(26)8(22)7(21)5(2-19)31-18)10(24)13(27)17(29-4)33-15-6(3-20)30-16(28)11(25)9(15)23/h4-28H,2-3H2,1H3/t4-,5+,6+,7+,8-,9+,10-,11+,12+,13+,14-,15+,16?,17-,18-/m0/s1. The molecule has 0 aromatic heterocycles. The third-order valence-electron chi connectivity index (χ3n) is 6.05. The maximum absolute atomic E-state index is 10.6. The Labute approximate surface area is 187 Å². The molecule has 0 saturated carbocycles. The second kappa shape index (κ2) is 11.0. The van der Waals surface area contributed by atoms with Crippen molar-refractivity contribution in [2.75, 3.05) is 13.2 Å². The first-order valence-electron chi connectivity index (χ1n) is 10.4. The van der Waals surface area contributed by atoms with E-state index in [9.17, 15) is 51.1 Å². The molecule has 0 aromatic rings. The Morgan fingerprint density at radius 1 is 0.545 bits per heavy atom. The first kappa shape index (κ1) is 27.0. The van der Waals surface area contributed by atoms with Gasteiger partial charge in [0.1, 0.15) is 67.1 Å². The van der Waals surface area contributed by atoms with E-state index in [1.54, 1.807) is 0 Å². The molecule has 1 unspecified atom stereocenters. The molecule has 0 radical (unpaired) electrons. The van der Waals surface area contributed by atoms with E-state index in [1.165, 1.54) is 6.92 Å². The summed E-state index contributed by atoms with van der Waals surface area (Å²) in [6.07, 6.45) is -23.4. The van der Waals surface area contributed by atoms with Gasteiger partial charge in [-0.25, -0.2) is 0 Å². The fourth-order valence-electron chi connectivity index (χ4n) is 4.03. The van der Waals surface area contributed by atoms with Gasteiger partial charge in [0.05, 0.1) is 19.3 Å². The minimum atomic E-state index is -1.80. The van der Waals surface area contributed by atoms with E-state index >= 15 is 0 Å². The average Bonchev–Trinajstić information content (AvgIpc) is 2.79. The predicted octanol–water partition coefficient (Wildman–Crippen LogP) is -6.55. The van der Waals surface area contributed by atoms with E-state index in [-0.39, 0.29) is 0 Å². The van der Waals surface area contributed by atoms with Crippen molar-refractivity contribution in [1.29, 1.82) is 0 Å². The van der Waals surface area contributed by atoms with Gasteiger partial charge in [0.2, 0.25) is 0 Å². The number of rotatable bonds is 6. The van der Waals surface area contributed by atoms with Crippen molar-refractivity contribution in [3.63, 3.8) is 0 Å². The topological polar surface area (TPSA) is 248 Å². The minimum Gasteiger partial charge on any atom is -0.394 e. The summed E-state index contributed by atoms with van der Waals surface area (Å²) in [5, 5.41) is 99.2. The number of aliphatic hydroxyl groups excluding tert-OH is 10.